The van der Waals surface area contributed by atoms with Crippen LogP contribution in [-0.4, -0.2) is 56.6 Å². The molecule has 1 amide bonds. The van der Waals surface area contributed by atoms with Gasteiger partial charge in [-0.15, -0.1) is 6.58 Å². The predicted molar refractivity (Wildman–Crippen MR) is 215 cm³/mol. The van der Waals surface area contributed by atoms with E-state index < -0.39 is 28.3 Å². The van der Waals surface area contributed by atoms with Crippen molar-refractivity contribution in [1.29, 1.82) is 0 Å². The molecule has 5 aromatic carbocycles. The lowest BCUT2D eigenvalue weighted by molar-refractivity contribution is -0.252. The van der Waals surface area contributed by atoms with Crippen LogP contribution in [-0.2, 0) is 43.9 Å². The van der Waals surface area contributed by atoms with Gasteiger partial charge in [0.15, 0.2) is 6.29 Å². The van der Waals surface area contributed by atoms with Gasteiger partial charge in [-0.3, -0.25) is 4.79 Å². The summed E-state index contributed by atoms with van der Waals surface area (Å²) in [6.45, 7) is 7.40. The molecule has 1 saturated heterocycles. The molecular formula is C45H49N3O6S. The van der Waals surface area contributed by atoms with Crippen molar-refractivity contribution in [1.82, 2.24) is 14.9 Å². The van der Waals surface area contributed by atoms with Gasteiger partial charge in [-0.25, -0.2) is 8.42 Å². The highest BCUT2D eigenvalue weighted by Gasteiger charge is 2.33. The number of carbonyl (C=O) groups excluding carboxylic acids is 1. The zero-order chi connectivity index (χ0) is 38.8. The first-order valence-corrected chi connectivity index (χ1v) is 20.0. The Balaban J connectivity index is 1.18. The molecule has 0 aromatic heterocycles. The molecule has 0 spiro atoms. The molecular weight excluding hydrogens is 711 g/mol. The Morgan fingerprint density at radius 2 is 1.55 bits per heavy atom. The lowest BCUT2D eigenvalue weighted by atomic mass is 9.98. The number of aliphatic hydroxyl groups excluding tert-OH is 1. The number of aliphatic hydroxyl groups is 1. The lowest BCUT2D eigenvalue weighted by Crippen LogP contribution is -2.47. The third-order valence-electron chi connectivity index (χ3n) is 9.68. The summed E-state index contributed by atoms with van der Waals surface area (Å²) in [5.74, 6) is -0.424. The number of sulfonamides is 1. The van der Waals surface area contributed by atoms with Gasteiger partial charge in [0.05, 0.1) is 23.7 Å². The van der Waals surface area contributed by atoms with E-state index in [1.165, 1.54) is 0 Å². The molecule has 1 aliphatic heterocycles. The highest BCUT2D eigenvalue weighted by atomic mass is 32.2. The summed E-state index contributed by atoms with van der Waals surface area (Å²) in [6, 6.07) is 38.7. The average molecular weight is 760 g/mol. The smallest absolute Gasteiger partial charge is 0.241 e. The van der Waals surface area contributed by atoms with Crippen molar-refractivity contribution in [3.05, 3.63) is 173 Å². The molecule has 1 heterocycles. The first-order chi connectivity index (χ1) is 26.6. The number of ether oxygens (including phenoxy) is 2. The van der Waals surface area contributed by atoms with E-state index in [0.717, 1.165) is 51.1 Å². The summed E-state index contributed by atoms with van der Waals surface area (Å²) in [7, 11) is -1.92. The van der Waals surface area contributed by atoms with Crippen molar-refractivity contribution in [3.63, 3.8) is 0 Å². The highest BCUT2D eigenvalue weighted by molar-refractivity contribution is 7.89. The Morgan fingerprint density at radius 1 is 0.855 bits per heavy atom. The maximum absolute atomic E-state index is 13.7. The van der Waals surface area contributed by atoms with E-state index in [1.54, 1.807) is 24.3 Å². The number of nitrogens with one attached hydrogen (secondary N) is 2. The number of nitrogens with zero attached hydrogens (tertiary/aromatic N) is 1. The molecule has 9 nitrogen and oxygen atoms in total. The van der Waals surface area contributed by atoms with Gasteiger partial charge in [0.2, 0.25) is 15.9 Å². The van der Waals surface area contributed by atoms with Crippen molar-refractivity contribution in [3.8, 4) is 11.1 Å². The van der Waals surface area contributed by atoms with E-state index in [0.29, 0.717) is 13.0 Å². The predicted octanol–water partition coefficient (Wildman–Crippen LogP) is 7.02. The molecule has 4 atom stereocenters. The Kier molecular flexibility index (Phi) is 13.4. The summed E-state index contributed by atoms with van der Waals surface area (Å²) < 4.78 is 42.5. The molecule has 4 unspecified atom stereocenters. The van der Waals surface area contributed by atoms with Crippen molar-refractivity contribution in [2.24, 2.45) is 0 Å². The second kappa shape index (κ2) is 18.6. The number of hydrogen-bond acceptors (Lipinski definition) is 7. The van der Waals surface area contributed by atoms with Gasteiger partial charge in [0.1, 0.15) is 6.04 Å². The number of rotatable bonds is 16. The normalized spacial score (nSPS) is 17.8. The fourth-order valence-electron chi connectivity index (χ4n) is 6.72. The Bertz CT molecular complexity index is 2140. The molecule has 1 fully saturated rings. The molecule has 3 N–H and O–H groups in total. The quantitative estimate of drug-likeness (QED) is 0.0927. The summed E-state index contributed by atoms with van der Waals surface area (Å²) >= 11 is 0. The van der Waals surface area contributed by atoms with Crippen molar-refractivity contribution < 1.29 is 27.8 Å². The topological polar surface area (TPSA) is 117 Å². The third-order valence-corrected chi connectivity index (χ3v) is 11.2. The fourth-order valence-corrected chi connectivity index (χ4v) is 7.92. The van der Waals surface area contributed by atoms with Gasteiger partial charge in [-0.2, -0.15) is 4.72 Å². The van der Waals surface area contributed by atoms with E-state index in [9.17, 15) is 18.3 Å². The van der Waals surface area contributed by atoms with E-state index in [4.69, 9.17) is 9.47 Å². The van der Waals surface area contributed by atoms with Crippen LogP contribution in [0.5, 0.6) is 0 Å². The SMILES string of the molecule is C=CCN(C)CC1CC(c2ccc(CO)cc2)OC(c2cccc(-c3cccc(CNC(=O)C(Cc4ccccc4)NS(=O)(=O)c4ccc(C)cc4)c3)c2)O1. The fraction of sp³-hybridized carbons (Fsp3) is 0.267. The molecule has 0 saturated carbocycles. The molecule has 286 valence electrons. The van der Waals surface area contributed by atoms with Crippen molar-refractivity contribution in [2.45, 2.75) is 62.4 Å². The molecule has 10 heteroatoms. The summed E-state index contributed by atoms with van der Waals surface area (Å²) in [5, 5.41) is 12.5. The minimum absolute atomic E-state index is 0.0162. The van der Waals surface area contributed by atoms with Gasteiger partial charge in [-0.05, 0) is 78.0 Å². The van der Waals surface area contributed by atoms with Gasteiger partial charge in [0.25, 0.3) is 0 Å². The molecule has 0 aliphatic carbocycles. The second-order valence-electron chi connectivity index (χ2n) is 14.1. The Labute approximate surface area is 324 Å². The molecule has 0 bridgehead atoms. The Hall–Kier alpha value is -4.94. The van der Waals surface area contributed by atoms with E-state index in [1.807, 2.05) is 117 Å². The first kappa shape index (κ1) is 39.7. The molecule has 6 rings (SSSR count). The maximum atomic E-state index is 13.7. The van der Waals surface area contributed by atoms with E-state index in [-0.39, 0.29) is 36.7 Å². The van der Waals surface area contributed by atoms with Crippen LogP contribution in [0.4, 0.5) is 0 Å². The largest absolute Gasteiger partial charge is 0.392 e. The third kappa shape index (κ3) is 10.9. The number of likely N-dealkylation sites (N-methyl/N-ethyl adjacent to an activating group) is 1. The molecule has 5 aromatic rings. The average Bonchev–Trinajstić information content (AvgIpc) is 3.20. The zero-order valence-electron chi connectivity index (χ0n) is 31.3. The van der Waals surface area contributed by atoms with Crippen molar-refractivity contribution in [2.75, 3.05) is 20.1 Å². The minimum Gasteiger partial charge on any atom is -0.392 e. The van der Waals surface area contributed by atoms with Crippen LogP contribution < -0.4 is 10.0 Å². The second-order valence-corrected chi connectivity index (χ2v) is 15.8. The number of aryl methyl sites for hydroxylation is 1. The van der Waals surface area contributed by atoms with Gasteiger partial charge >= 0.3 is 0 Å². The minimum atomic E-state index is -3.96. The number of benzene rings is 5. The van der Waals surface area contributed by atoms with Crippen LogP contribution in [0.15, 0.2) is 145 Å². The van der Waals surface area contributed by atoms with Crippen LogP contribution in [0.25, 0.3) is 11.1 Å². The lowest BCUT2D eigenvalue weighted by Gasteiger charge is -2.37. The summed E-state index contributed by atoms with van der Waals surface area (Å²) in [6.07, 6.45) is 1.86. The number of hydrogen-bond donors (Lipinski definition) is 3. The van der Waals surface area contributed by atoms with Crippen LogP contribution in [0, 0.1) is 6.92 Å². The van der Waals surface area contributed by atoms with Crippen LogP contribution >= 0.6 is 0 Å². The van der Waals surface area contributed by atoms with E-state index in [2.05, 4.69) is 27.6 Å². The molecule has 0 radical (unpaired) electrons. The molecule has 1 aliphatic rings. The number of carbonyl (C=O) groups is 1. The van der Waals surface area contributed by atoms with Gasteiger partial charge in [-0.1, -0.05) is 115 Å². The van der Waals surface area contributed by atoms with Crippen molar-refractivity contribution >= 4 is 15.9 Å². The highest BCUT2D eigenvalue weighted by Crippen LogP contribution is 2.39. The zero-order valence-corrected chi connectivity index (χ0v) is 32.1. The number of amides is 1. The van der Waals surface area contributed by atoms with Gasteiger partial charge in [0, 0.05) is 31.6 Å². The van der Waals surface area contributed by atoms with Crippen LogP contribution in [0.1, 0.15) is 52.2 Å². The van der Waals surface area contributed by atoms with E-state index >= 15 is 0 Å². The van der Waals surface area contributed by atoms with Gasteiger partial charge < -0.3 is 24.8 Å². The van der Waals surface area contributed by atoms with Crippen LogP contribution in [0.3, 0.4) is 0 Å². The summed E-state index contributed by atoms with van der Waals surface area (Å²) in [5.41, 5.74) is 7.30. The standard InChI is InChI=1S/C45H49N3O6S/c1-4-24-48(3)30-40-28-43(36-20-18-34(31-49)19-21-36)54-45(53-40)39-15-9-14-38(27-39)37-13-8-12-35(25-37)29-46-44(50)42(26-33-10-6-5-7-11-33)47-55(51,52)41-22-16-32(2)17-23-41/h4-23,25,27,40,42-43,45,47,49H,1,24,26,28-31H2,2-3H3,(H,46,50). The Morgan fingerprint density at radius 3 is 2.25 bits per heavy atom. The van der Waals surface area contributed by atoms with Crippen LogP contribution in [0.2, 0.25) is 0 Å². The molecule has 55 heavy (non-hydrogen) atoms. The summed E-state index contributed by atoms with van der Waals surface area (Å²) in [4.78, 5) is 15.9. The maximum Gasteiger partial charge on any atom is 0.241 e. The monoisotopic (exact) mass is 759 g/mol. The first-order valence-electron chi connectivity index (χ1n) is 18.5.